The summed E-state index contributed by atoms with van der Waals surface area (Å²) in [5.41, 5.74) is 0.711. The standard InChI is InChI=1S/C13H19NO5S/c1-4-10-5-6-11(7-12(10)20(14,16)17)13(15)19-9(2)8-18-3/h5-7,9H,4,8H2,1-3H3,(H2,14,16,17). The molecule has 0 amide bonds. The number of benzene rings is 1. The number of carbonyl (C=O) groups is 1. The van der Waals surface area contributed by atoms with Crippen molar-refractivity contribution in [1.82, 2.24) is 0 Å². The topological polar surface area (TPSA) is 95.7 Å². The van der Waals surface area contributed by atoms with Gasteiger partial charge in [0.05, 0.1) is 17.1 Å². The minimum Gasteiger partial charge on any atom is -0.457 e. The number of methoxy groups -OCH3 is 1. The first-order valence-corrected chi connectivity index (χ1v) is 7.69. The maximum atomic E-state index is 11.9. The maximum absolute atomic E-state index is 11.9. The molecule has 6 nitrogen and oxygen atoms in total. The zero-order chi connectivity index (χ0) is 15.3. The molecule has 0 saturated heterocycles. The molecule has 1 atom stereocenters. The average Bonchev–Trinajstić information content (AvgIpc) is 2.37. The van der Waals surface area contributed by atoms with Gasteiger partial charge >= 0.3 is 5.97 Å². The molecule has 1 aromatic carbocycles. The summed E-state index contributed by atoms with van der Waals surface area (Å²) in [5, 5.41) is 5.15. The van der Waals surface area contributed by atoms with Crippen LogP contribution < -0.4 is 5.14 Å². The van der Waals surface area contributed by atoms with Gasteiger partial charge in [-0.25, -0.2) is 18.4 Å². The molecule has 7 heteroatoms. The minimum atomic E-state index is -3.87. The van der Waals surface area contributed by atoms with E-state index in [1.54, 1.807) is 13.0 Å². The number of nitrogens with two attached hydrogens (primary N) is 1. The van der Waals surface area contributed by atoms with E-state index in [1.807, 2.05) is 6.92 Å². The molecule has 20 heavy (non-hydrogen) atoms. The minimum absolute atomic E-state index is 0.0474. The molecule has 2 N–H and O–H groups in total. The van der Waals surface area contributed by atoms with Crippen LogP contribution in [0.5, 0.6) is 0 Å². The van der Waals surface area contributed by atoms with E-state index in [4.69, 9.17) is 14.6 Å². The van der Waals surface area contributed by atoms with Crippen molar-refractivity contribution in [2.45, 2.75) is 31.3 Å². The maximum Gasteiger partial charge on any atom is 0.338 e. The van der Waals surface area contributed by atoms with Crippen molar-refractivity contribution >= 4 is 16.0 Å². The highest BCUT2D eigenvalue weighted by Gasteiger charge is 2.18. The molecule has 0 bridgehead atoms. The van der Waals surface area contributed by atoms with E-state index in [9.17, 15) is 13.2 Å². The zero-order valence-corrected chi connectivity index (χ0v) is 12.6. The summed E-state index contributed by atoms with van der Waals surface area (Å²) in [6, 6.07) is 4.34. The number of primary sulfonamides is 1. The Kier molecular flexibility index (Phi) is 5.67. The van der Waals surface area contributed by atoms with Gasteiger partial charge in [-0.05, 0) is 31.0 Å². The molecule has 1 aromatic rings. The van der Waals surface area contributed by atoms with Crippen molar-refractivity contribution in [3.63, 3.8) is 0 Å². The van der Waals surface area contributed by atoms with Crippen LogP contribution in [0.25, 0.3) is 0 Å². The molecule has 0 fully saturated rings. The van der Waals surface area contributed by atoms with Crippen molar-refractivity contribution in [2.24, 2.45) is 5.14 Å². The molecule has 0 aliphatic heterocycles. The quantitative estimate of drug-likeness (QED) is 0.793. The monoisotopic (exact) mass is 301 g/mol. The van der Waals surface area contributed by atoms with E-state index in [2.05, 4.69) is 0 Å². The molecule has 1 unspecified atom stereocenters. The Bertz CT molecular complexity index is 582. The smallest absolute Gasteiger partial charge is 0.338 e. The second-order valence-electron chi connectivity index (χ2n) is 4.39. The SMILES string of the molecule is CCc1ccc(C(=O)OC(C)COC)cc1S(N)(=O)=O. The van der Waals surface area contributed by atoms with Gasteiger partial charge in [0.25, 0.3) is 0 Å². The lowest BCUT2D eigenvalue weighted by Crippen LogP contribution is -2.20. The summed E-state index contributed by atoms with van der Waals surface area (Å²) >= 11 is 0. The third-order valence-corrected chi connectivity index (χ3v) is 3.69. The lowest BCUT2D eigenvalue weighted by molar-refractivity contribution is 0.0120. The number of carbonyl (C=O) groups excluding carboxylic acids is 1. The lowest BCUT2D eigenvalue weighted by atomic mass is 10.1. The zero-order valence-electron chi connectivity index (χ0n) is 11.8. The Hall–Kier alpha value is -1.44. The van der Waals surface area contributed by atoms with Crippen LogP contribution in [0.4, 0.5) is 0 Å². The van der Waals surface area contributed by atoms with E-state index in [0.717, 1.165) is 0 Å². The predicted molar refractivity (Wildman–Crippen MR) is 73.9 cm³/mol. The molecular weight excluding hydrogens is 282 g/mol. The summed E-state index contributed by atoms with van der Waals surface area (Å²) < 4.78 is 33.0. The van der Waals surface area contributed by atoms with Crippen molar-refractivity contribution in [1.29, 1.82) is 0 Å². The van der Waals surface area contributed by atoms with Crippen LogP contribution in [0.1, 0.15) is 29.8 Å². The van der Waals surface area contributed by atoms with Gasteiger partial charge in [0, 0.05) is 7.11 Å². The summed E-state index contributed by atoms with van der Waals surface area (Å²) in [4.78, 5) is 11.8. The van der Waals surface area contributed by atoms with Gasteiger partial charge in [-0.1, -0.05) is 13.0 Å². The first-order chi connectivity index (χ1) is 9.29. The predicted octanol–water partition coefficient (Wildman–Crippen LogP) is 1.09. The van der Waals surface area contributed by atoms with Gasteiger partial charge in [0.2, 0.25) is 10.0 Å². The van der Waals surface area contributed by atoms with E-state index in [-0.39, 0.29) is 17.1 Å². The van der Waals surface area contributed by atoms with Crippen LogP contribution in [0, 0.1) is 0 Å². The third-order valence-electron chi connectivity index (χ3n) is 2.70. The number of hydrogen-bond acceptors (Lipinski definition) is 5. The molecule has 0 heterocycles. The van der Waals surface area contributed by atoms with Gasteiger partial charge in [0.1, 0.15) is 6.10 Å². The fraction of sp³-hybridized carbons (Fsp3) is 0.462. The Morgan fingerprint density at radius 2 is 2.05 bits per heavy atom. The Balaban J connectivity index is 3.06. The summed E-state index contributed by atoms with van der Waals surface area (Å²) in [6.07, 6.45) is 0.0811. The van der Waals surface area contributed by atoms with Crippen molar-refractivity contribution in [3.8, 4) is 0 Å². The number of aryl methyl sites for hydroxylation is 1. The Morgan fingerprint density at radius 1 is 1.40 bits per heavy atom. The van der Waals surface area contributed by atoms with Crippen LogP contribution in [-0.2, 0) is 25.9 Å². The summed E-state index contributed by atoms with van der Waals surface area (Å²) in [6.45, 7) is 3.76. The number of hydrogen-bond donors (Lipinski definition) is 1. The van der Waals surface area contributed by atoms with Crippen molar-refractivity contribution in [3.05, 3.63) is 29.3 Å². The number of rotatable bonds is 6. The molecule has 0 saturated carbocycles. The van der Waals surface area contributed by atoms with Gasteiger partial charge < -0.3 is 9.47 Å². The highest BCUT2D eigenvalue weighted by molar-refractivity contribution is 7.89. The largest absolute Gasteiger partial charge is 0.457 e. The summed E-state index contributed by atoms with van der Waals surface area (Å²) in [7, 11) is -2.37. The molecule has 0 aromatic heterocycles. The normalized spacial score (nSPS) is 13.0. The second-order valence-corrected chi connectivity index (χ2v) is 5.92. The Morgan fingerprint density at radius 3 is 2.55 bits per heavy atom. The van der Waals surface area contributed by atoms with Crippen LogP contribution in [0.3, 0.4) is 0 Å². The average molecular weight is 301 g/mol. The number of ether oxygens (including phenoxy) is 2. The van der Waals surface area contributed by atoms with E-state index in [0.29, 0.717) is 12.0 Å². The highest BCUT2D eigenvalue weighted by atomic mass is 32.2. The van der Waals surface area contributed by atoms with E-state index in [1.165, 1.54) is 19.2 Å². The van der Waals surface area contributed by atoms with Gasteiger partial charge in [-0.3, -0.25) is 0 Å². The van der Waals surface area contributed by atoms with Crippen molar-refractivity contribution < 1.29 is 22.7 Å². The van der Waals surface area contributed by atoms with Crippen LogP contribution in [0.15, 0.2) is 23.1 Å². The van der Waals surface area contributed by atoms with Gasteiger partial charge in [-0.15, -0.1) is 0 Å². The van der Waals surface area contributed by atoms with Gasteiger partial charge in [-0.2, -0.15) is 0 Å². The lowest BCUT2D eigenvalue weighted by Gasteiger charge is -2.13. The molecule has 112 valence electrons. The van der Waals surface area contributed by atoms with Gasteiger partial charge in [0.15, 0.2) is 0 Å². The molecule has 1 rings (SSSR count). The van der Waals surface area contributed by atoms with Crippen LogP contribution in [-0.4, -0.2) is 34.2 Å². The molecular formula is C13H19NO5S. The second kappa shape index (κ2) is 6.83. The highest BCUT2D eigenvalue weighted by Crippen LogP contribution is 2.18. The Labute approximate surface area is 118 Å². The molecule has 0 aliphatic carbocycles. The fourth-order valence-corrected chi connectivity index (χ4v) is 2.63. The fourth-order valence-electron chi connectivity index (χ4n) is 1.76. The third kappa shape index (κ3) is 4.29. The summed E-state index contributed by atoms with van der Waals surface area (Å²) in [5.74, 6) is -0.609. The first kappa shape index (κ1) is 16.6. The molecule has 0 radical (unpaired) electrons. The van der Waals surface area contributed by atoms with E-state index < -0.39 is 22.1 Å². The molecule has 0 spiro atoms. The van der Waals surface area contributed by atoms with Crippen molar-refractivity contribution in [2.75, 3.05) is 13.7 Å². The number of esters is 1. The van der Waals surface area contributed by atoms with E-state index >= 15 is 0 Å². The van der Waals surface area contributed by atoms with Crippen LogP contribution in [0.2, 0.25) is 0 Å². The van der Waals surface area contributed by atoms with Crippen LogP contribution >= 0.6 is 0 Å². The number of sulfonamides is 1. The molecule has 0 aliphatic rings. The first-order valence-electron chi connectivity index (χ1n) is 6.15.